The number of benzene rings is 1. The van der Waals surface area contributed by atoms with Crippen molar-refractivity contribution in [3.8, 4) is 0 Å². The Hall–Kier alpha value is -1.79. The molecule has 20 heavy (non-hydrogen) atoms. The third kappa shape index (κ3) is 3.20. The summed E-state index contributed by atoms with van der Waals surface area (Å²) < 4.78 is 25.3. The number of aromatic nitrogens is 1. The molecule has 0 bridgehead atoms. The summed E-state index contributed by atoms with van der Waals surface area (Å²) in [6.45, 7) is -1.04. The van der Waals surface area contributed by atoms with Crippen molar-refractivity contribution in [1.82, 2.24) is 4.98 Å². The van der Waals surface area contributed by atoms with Gasteiger partial charge in [-0.15, -0.1) is 0 Å². The van der Waals surface area contributed by atoms with Crippen molar-refractivity contribution < 1.29 is 19.0 Å². The maximum atomic E-state index is 12.6. The number of aliphatic hydroxyl groups excluding tert-OH is 2. The predicted octanol–water partition coefficient (Wildman–Crippen LogP) is 1.79. The molecule has 1 aromatic heterocycles. The highest BCUT2D eigenvalue weighted by molar-refractivity contribution is 5.81. The molecule has 108 valence electrons. The maximum absolute atomic E-state index is 12.6. The molecule has 0 fully saturated rings. The van der Waals surface area contributed by atoms with E-state index in [1.165, 1.54) is 4.90 Å². The Kier molecular flexibility index (Phi) is 4.81. The zero-order chi connectivity index (χ0) is 14.5. The van der Waals surface area contributed by atoms with E-state index in [9.17, 15) is 13.9 Å². The fourth-order valence-electron chi connectivity index (χ4n) is 2.11. The van der Waals surface area contributed by atoms with Crippen LogP contribution in [0.4, 0.5) is 14.6 Å². The minimum atomic E-state index is -2.54. The number of fused-ring (bicyclic) bond motifs is 1. The van der Waals surface area contributed by atoms with Gasteiger partial charge in [-0.1, -0.05) is 18.2 Å². The van der Waals surface area contributed by atoms with E-state index in [2.05, 4.69) is 4.98 Å². The summed E-state index contributed by atoms with van der Waals surface area (Å²) >= 11 is 0. The number of pyridine rings is 1. The van der Waals surface area contributed by atoms with Crippen LogP contribution in [0, 0.1) is 0 Å². The highest BCUT2D eigenvalue weighted by atomic mass is 19.3. The summed E-state index contributed by atoms with van der Waals surface area (Å²) in [5.41, 5.74) is 1.13. The van der Waals surface area contributed by atoms with Crippen molar-refractivity contribution in [3.05, 3.63) is 35.9 Å². The Morgan fingerprint density at radius 3 is 2.60 bits per heavy atom. The van der Waals surface area contributed by atoms with E-state index in [1.807, 2.05) is 12.1 Å². The van der Waals surface area contributed by atoms with Gasteiger partial charge >= 0.3 is 0 Å². The molecule has 0 atom stereocenters. The minimum Gasteiger partial charge on any atom is -0.395 e. The molecule has 1 aromatic carbocycles. The third-order valence-corrected chi connectivity index (χ3v) is 2.98. The number of hydrogen-bond acceptors (Lipinski definition) is 4. The van der Waals surface area contributed by atoms with Gasteiger partial charge in [0, 0.05) is 17.5 Å². The van der Waals surface area contributed by atoms with Crippen LogP contribution in [-0.2, 0) is 6.61 Å². The van der Waals surface area contributed by atoms with E-state index < -0.39 is 13.0 Å². The molecule has 0 amide bonds. The molecule has 0 unspecified atom stereocenters. The van der Waals surface area contributed by atoms with Crippen molar-refractivity contribution in [2.45, 2.75) is 13.0 Å². The first kappa shape index (κ1) is 14.6. The zero-order valence-corrected chi connectivity index (χ0v) is 10.8. The Labute approximate surface area is 115 Å². The lowest BCUT2D eigenvalue weighted by molar-refractivity contribution is 0.152. The van der Waals surface area contributed by atoms with Crippen LogP contribution in [0.2, 0.25) is 0 Å². The second kappa shape index (κ2) is 6.58. The number of aliphatic hydroxyl groups is 2. The maximum Gasteiger partial charge on any atom is 0.255 e. The first-order chi connectivity index (χ1) is 9.65. The zero-order valence-electron chi connectivity index (χ0n) is 10.8. The number of para-hydroxylation sites is 1. The van der Waals surface area contributed by atoms with Crippen LogP contribution in [0.5, 0.6) is 0 Å². The molecular weight excluding hydrogens is 266 g/mol. The number of anilines is 1. The highest BCUT2D eigenvalue weighted by Crippen LogP contribution is 2.24. The molecule has 0 aliphatic rings. The van der Waals surface area contributed by atoms with Gasteiger partial charge in [0.25, 0.3) is 6.43 Å². The van der Waals surface area contributed by atoms with Crippen molar-refractivity contribution in [2.24, 2.45) is 0 Å². The minimum absolute atomic E-state index is 0.0443. The van der Waals surface area contributed by atoms with Crippen LogP contribution in [0.25, 0.3) is 10.9 Å². The second-order valence-electron chi connectivity index (χ2n) is 4.38. The van der Waals surface area contributed by atoms with Gasteiger partial charge in [0.15, 0.2) is 0 Å². The van der Waals surface area contributed by atoms with Gasteiger partial charge in [-0.3, -0.25) is 0 Å². The quantitative estimate of drug-likeness (QED) is 0.848. The summed E-state index contributed by atoms with van der Waals surface area (Å²) in [5.74, 6) is 0.292. The fraction of sp³-hybridized carbons (Fsp3) is 0.357. The van der Waals surface area contributed by atoms with Crippen LogP contribution in [0.15, 0.2) is 30.3 Å². The number of halogens is 2. The fourth-order valence-corrected chi connectivity index (χ4v) is 2.11. The lowest BCUT2D eigenvalue weighted by Crippen LogP contribution is -2.33. The summed E-state index contributed by atoms with van der Waals surface area (Å²) in [5, 5.41) is 19.3. The van der Waals surface area contributed by atoms with Crippen LogP contribution < -0.4 is 4.90 Å². The van der Waals surface area contributed by atoms with Crippen molar-refractivity contribution in [1.29, 1.82) is 0 Å². The van der Waals surface area contributed by atoms with Gasteiger partial charge in [-0.2, -0.15) is 0 Å². The average Bonchev–Trinajstić information content (AvgIpc) is 2.45. The van der Waals surface area contributed by atoms with Gasteiger partial charge in [-0.25, -0.2) is 13.8 Å². The Balaban J connectivity index is 2.48. The summed E-state index contributed by atoms with van der Waals surface area (Å²) in [7, 11) is 0. The van der Waals surface area contributed by atoms with E-state index in [-0.39, 0.29) is 19.8 Å². The standard InChI is InChI=1S/C14H16F2N2O2/c15-13(16)8-18(5-6-19)14-11(9-20)7-10-3-1-2-4-12(10)17-14/h1-4,7,13,19-20H,5-6,8-9H2. The smallest absolute Gasteiger partial charge is 0.255 e. The predicted molar refractivity (Wildman–Crippen MR) is 73.0 cm³/mol. The van der Waals surface area contributed by atoms with Gasteiger partial charge in [0.2, 0.25) is 0 Å². The molecule has 4 nitrogen and oxygen atoms in total. The lowest BCUT2D eigenvalue weighted by Gasteiger charge is -2.24. The first-order valence-corrected chi connectivity index (χ1v) is 6.29. The monoisotopic (exact) mass is 282 g/mol. The van der Waals surface area contributed by atoms with E-state index >= 15 is 0 Å². The number of hydrogen-bond donors (Lipinski definition) is 2. The third-order valence-electron chi connectivity index (χ3n) is 2.98. The van der Waals surface area contributed by atoms with Crippen LogP contribution in [0.1, 0.15) is 5.56 Å². The van der Waals surface area contributed by atoms with Gasteiger partial charge in [0.05, 0.1) is 25.3 Å². The highest BCUT2D eigenvalue weighted by Gasteiger charge is 2.17. The molecule has 0 radical (unpaired) electrons. The second-order valence-corrected chi connectivity index (χ2v) is 4.38. The summed E-state index contributed by atoms with van der Waals surface area (Å²) in [6, 6.07) is 9.00. The molecule has 0 spiro atoms. The SMILES string of the molecule is OCCN(CC(F)F)c1nc2ccccc2cc1CO. The molecule has 6 heteroatoms. The Morgan fingerprint density at radius 2 is 1.95 bits per heavy atom. The number of alkyl halides is 2. The lowest BCUT2D eigenvalue weighted by atomic mass is 10.1. The Morgan fingerprint density at radius 1 is 1.20 bits per heavy atom. The largest absolute Gasteiger partial charge is 0.395 e. The van der Waals surface area contributed by atoms with Crippen molar-refractivity contribution >= 4 is 16.7 Å². The molecule has 0 saturated heterocycles. The van der Waals surface area contributed by atoms with Crippen molar-refractivity contribution in [2.75, 3.05) is 24.6 Å². The molecule has 2 rings (SSSR count). The van der Waals surface area contributed by atoms with Gasteiger partial charge in [-0.05, 0) is 12.1 Å². The first-order valence-electron chi connectivity index (χ1n) is 6.29. The summed E-state index contributed by atoms with van der Waals surface area (Å²) in [6.07, 6.45) is -2.54. The molecule has 1 heterocycles. The van der Waals surface area contributed by atoms with E-state index in [0.717, 1.165) is 5.39 Å². The van der Waals surface area contributed by atoms with Crippen molar-refractivity contribution in [3.63, 3.8) is 0 Å². The molecular formula is C14H16F2N2O2. The van der Waals surface area contributed by atoms with Gasteiger partial charge in [0.1, 0.15) is 5.82 Å². The van der Waals surface area contributed by atoms with Crippen LogP contribution in [0.3, 0.4) is 0 Å². The normalized spacial score (nSPS) is 11.2. The van der Waals surface area contributed by atoms with Gasteiger partial charge < -0.3 is 15.1 Å². The number of nitrogens with zero attached hydrogens (tertiary/aromatic N) is 2. The van der Waals surface area contributed by atoms with Crippen LogP contribution in [-0.4, -0.2) is 41.3 Å². The van der Waals surface area contributed by atoms with E-state index in [1.54, 1.807) is 18.2 Å². The average molecular weight is 282 g/mol. The molecule has 0 aliphatic carbocycles. The summed E-state index contributed by atoms with van der Waals surface area (Å²) in [4.78, 5) is 5.63. The van der Waals surface area contributed by atoms with Crippen LogP contribution >= 0.6 is 0 Å². The number of rotatable bonds is 6. The van der Waals surface area contributed by atoms with E-state index in [4.69, 9.17) is 5.11 Å². The molecule has 0 saturated carbocycles. The molecule has 2 aromatic rings. The molecule has 0 aliphatic heterocycles. The molecule has 2 N–H and O–H groups in total. The Bertz CT molecular complexity index is 578. The topological polar surface area (TPSA) is 56.6 Å². The van der Waals surface area contributed by atoms with E-state index in [0.29, 0.717) is 16.9 Å².